The second-order valence-corrected chi connectivity index (χ2v) is 3.34. The molecular weight excluding hydrogens is 184 g/mol. The van der Waals surface area contributed by atoms with E-state index in [2.05, 4.69) is 5.32 Å². The fraction of sp³-hybridized carbons (Fsp3) is 0.667. The minimum atomic E-state index is -0.496. The van der Waals surface area contributed by atoms with E-state index < -0.39 is 5.38 Å². The van der Waals surface area contributed by atoms with Gasteiger partial charge >= 0.3 is 0 Å². The van der Waals surface area contributed by atoms with Gasteiger partial charge in [0.1, 0.15) is 5.38 Å². The summed E-state index contributed by atoms with van der Waals surface area (Å²) in [5.41, 5.74) is 0. The van der Waals surface area contributed by atoms with Crippen molar-refractivity contribution in [2.75, 3.05) is 18.6 Å². The molecule has 1 atom stereocenters. The lowest BCUT2D eigenvalue weighted by Gasteiger charge is -1.99. The topological polar surface area (TPSA) is 52.9 Å². The second kappa shape index (κ2) is 6.32. The van der Waals surface area contributed by atoms with Crippen LogP contribution in [0.3, 0.4) is 0 Å². The zero-order valence-corrected chi connectivity index (χ0v) is 7.71. The third-order valence-corrected chi connectivity index (χ3v) is 2.39. The number of carbonyl (C=O) groups is 1. The number of hydrogen-bond acceptors (Lipinski definition) is 3. The zero-order valence-electron chi connectivity index (χ0n) is 6.13. The van der Waals surface area contributed by atoms with Crippen LogP contribution in [0.1, 0.15) is 0 Å². The van der Waals surface area contributed by atoms with Gasteiger partial charge in [0.2, 0.25) is 5.91 Å². The molecule has 0 aliphatic heterocycles. The van der Waals surface area contributed by atoms with Crippen molar-refractivity contribution < 1.29 is 4.79 Å². The van der Waals surface area contributed by atoms with Crippen molar-refractivity contribution in [1.29, 1.82) is 5.26 Å². The van der Waals surface area contributed by atoms with Gasteiger partial charge in [-0.3, -0.25) is 4.79 Å². The molecule has 62 valence electrons. The summed E-state index contributed by atoms with van der Waals surface area (Å²) in [4.78, 5) is 10.6. The predicted molar refractivity (Wildman–Crippen MR) is 46.6 cm³/mol. The van der Waals surface area contributed by atoms with E-state index in [1.54, 1.807) is 7.05 Å². The van der Waals surface area contributed by atoms with Gasteiger partial charge in [0, 0.05) is 12.8 Å². The predicted octanol–water partition coefficient (Wildman–Crippen LogP) is 0.597. The molecule has 0 aromatic heterocycles. The van der Waals surface area contributed by atoms with Crippen molar-refractivity contribution in [3.05, 3.63) is 0 Å². The Morgan fingerprint density at radius 2 is 2.55 bits per heavy atom. The Bertz CT molecular complexity index is 168. The first-order chi connectivity index (χ1) is 5.20. The van der Waals surface area contributed by atoms with Crippen LogP contribution in [-0.2, 0) is 4.79 Å². The smallest absolute Gasteiger partial charge is 0.229 e. The highest BCUT2D eigenvalue weighted by Gasteiger charge is 2.03. The van der Waals surface area contributed by atoms with Crippen LogP contribution in [0.15, 0.2) is 0 Å². The first kappa shape index (κ1) is 10.6. The molecule has 0 aromatic carbocycles. The maximum Gasteiger partial charge on any atom is 0.229 e. The largest absolute Gasteiger partial charge is 0.358 e. The molecule has 1 unspecified atom stereocenters. The average molecular weight is 193 g/mol. The van der Waals surface area contributed by atoms with E-state index >= 15 is 0 Å². The number of rotatable bonds is 4. The molecule has 11 heavy (non-hydrogen) atoms. The summed E-state index contributed by atoms with van der Waals surface area (Å²) < 4.78 is 0. The van der Waals surface area contributed by atoms with Crippen LogP contribution in [0, 0.1) is 11.3 Å². The summed E-state index contributed by atoms with van der Waals surface area (Å²) in [6.07, 6.45) is 0. The van der Waals surface area contributed by atoms with Gasteiger partial charge in [-0.15, -0.1) is 23.4 Å². The molecule has 0 bridgehead atoms. The molecule has 0 radical (unpaired) electrons. The minimum absolute atomic E-state index is 0.0446. The number of hydrogen-bond donors (Lipinski definition) is 1. The van der Waals surface area contributed by atoms with E-state index in [1.165, 1.54) is 11.8 Å². The second-order valence-electron chi connectivity index (χ2n) is 1.78. The Morgan fingerprint density at radius 3 is 3.00 bits per heavy atom. The molecule has 0 spiro atoms. The molecule has 3 nitrogen and oxygen atoms in total. The Hall–Kier alpha value is -0.400. The van der Waals surface area contributed by atoms with Crippen molar-refractivity contribution in [2.45, 2.75) is 5.38 Å². The molecule has 5 heteroatoms. The molecule has 0 fully saturated rings. The molecule has 0 aromatic rings. The van der Waals surface area contributed by atoms with Gasteiger partial charge in [0.25, 0.3) is 0 Å². The third-order valence-electron chi connectivity index (χ3n) is 0.916. The van der Waals surface area contributed by atoms with E-state index in [0.29, 0.717) is 11.5 Å². The van der Waals surface area contributed by atoms with Gasteiger partial charge in [-0.05, 0) is 0 Å². The maximum absolute atomic E-state index is 10.6. The quantitative estimate of drug-likeness (QED) is 0.664. The van der Waals surface area contributed by atoms with Gasteiger partial charge in [0.15, 0.2) is 0 Å². The van der Waals surface area contributed by atoms with Crippen LogP contribution in [0.4, 0.5) is 0 Å². The minimum Gasteiger partial charge on any atom is -0.358 e. The van der Waals surface area contributed by atoms with Gasteiger partial charge in [-0.1, -0.05) is 0 Å². The fourth-order valence-corrected chi connectivity index (χ4v) is 1.36. The van der Waals surface area contributed by atoms with Crippen LogP contribution in [-0.4, -0.2) is 29.8 Å². The van der Waals surface area contributed by atoms with Crippen LogP contribution < -0.4 is 5.32 Å². The molecule has 0 rings (SSSR count). The van der Waals surface area contributed by atoms with Gasteiger partial charge in [0.05, 0.1) is 11.8 Å². The molecule has 1 amide bonds. The van der Waals surface area contributed by atoms with E-state index in [1.807, 2.05) is 6.07 Å². The zero-order chi connectivity index (χ0) is 8.69. The van der Waals surface area contributed by atoms with Crippen molar-refractivity contribution in [3.63, 3.8) is 0 Å². The molecule has 0 heterocycles. The number of amides is 1. The SMILES string of the molecule is CNC(=O)CSCC(Cl)C#N. The monoisotopic (exact) mass is 192 g/mol. The number of halogens is 1. The van der Waals surface area contributed by atoms with Crippen LogP contribution in [0.5, 0.6) is 0 Å². The number of nitrogens with one attached hydrogen (secondary N) is 1. The number of nitriles is 1. The number of carbonyl (C=O) groups excluding carboxylic acids is 1. The highest BCUT2D eigenvalue weighted by Crippen LogP contribution is 2.06. The highest BCUT2D eigenvalue weighted by atomic mass is 35.5. The van der Waals surface area contributed by atoms with Crippen LogP contribution in [0.25, 0.3) is 0 Å². The number of nitrogens with zero attached hydrogens (tertiary/aromatic N) is 1. The Morgan fingerprint density at radius 1 is 1.91 bits per heavy atom. The Kier molecular flexibility index (Phi) is 6.09. The summed E-state index contributed by atoms with van der Waals surface area (Å²) in [5, 5.41) is 10.2. The average Bonchev–Trinajstić information content (AvgIpc) is 2.04. The van der Waals surface area contributed by atoms with Gasteiger partial charge in [-0.25, -0.2) is 0 Å². The normalized spacial score (nSPS) is 11.7. The summed E-state index contributed by atoms with van der Waals surface area (Å²) in [6, 6.07) is 1.87. The molecule has 0 saturated carbocycles. The van der Waals surface area contributed by atoms with E-state index in [-0.39, 0.29) is 5.91 Å². The standard InChI is InChI=1S/C6H9ClN2OS/c1-9-6(10)4-11-3-5(7)2-8/h5H,3-4H2,1H3,(H,9,10). The lowest BCUT2D eigenvalue weighted by molar-refractivity contribution is -0.118. The van der Waals surface area contributed by atoms with Crippen molar-refractivity contribution in [2.24, 2.45) is 0 Å². The summed E-state index contributed by atoms with van der Waals surface area (Å²) in [7, 11) is 1.57. The Balaban J connectivity index is 3.29. The highest BCUT2D eigenvalue weighted by molar-refractivity contribution is 8.00. The summed E-state index contributed by atoms with van der Waals surface area (Å²) in [6.45, 7) is 0. The lowest BCUT2D eigenvalue weighted by atomic mass is 10.5. The maximum atomic E-state index is 10.6. The van der Waals surface area contributed by atoms with E-state index in [9.17, 15) is 4.79 Å². The lowest BCUT2D eigenvalue weighted by Crippen LogP contribution is -2.20. The van der Waals surface area contributed by atoms with Crippen LogP contribution in [0.2, 0.25) is 0 Å². The summed E-state index contributed by atoms with van der Waals surface area (Å²) >= 11 is 6.83. The third kappa shape index (κ3) is 6.02. The molecule has 0 aliphatic carbocycles. The van der Waals surface area contributed by atoms with E-state index in [4.69, 9.17) is 16.9 Å². The molecule has 1 N–H and O–H groups in total. The van der Waals surface area contributed by atoms with Crippen molar-refractivity contribution >= 4 is 29.3 Å². The fourth-order valence-electron chi connectivity index (χ4n) is 0.365. The summed E-state index contributed by atoms with van der Waals surface area (Å²) in [5.74, 6) is 0.809. The number of alkyl halides is 1. The molecular formula is C6H9ClN2OS. The first-order valence-electron chi connectivity index (χ1n) is 3.02. The van der Waals surface area contributed by atoms with Crippen LogP contribution >= 0.6 is 23.4 Å². The van der Waals surface area contributed by atoms with Gasteiger partial charge < -0.3 is 5.32 Å². The first-order valence-corrected chi connectivity index (χ1v) is 4.61. The van der Waals surface area contributed by atoms with Crippen molar-refractivity contribution in [1.82, 2.24) is 5.32 Å². The molecule has 0 aliphatic rings. The number of thioether (sulfide) groups is 1. The van der Waals surface area contributed by atoms with Crippen molar-refractivity contribution in [3.8, 4) is 6.07 Å². The molecule has 0 saturated heterocycles. The Labute approximate surface area is 75.1 Å². The van der Waals surface area contributed by atoms with E-state index in [0.717, 1.165) is 0 Å². The van der Waals surface area contributed by atoms with Gasteiger partial charge in [-0.2, -0.15) is 5.26 Å².